The van der Waals surface area contributed by atoms with Crippen LogP contribution in [0.2, 0.25) is 0 Å². The molecule has 4 heteroatoms. The molecule has 2 aliphatic rings. The van der Waals surface area contributed by atoms with E-state index < -0.39 is 0 Å². The molecule has 1 amide bonds. The van der Waals surface area contributed by atoms with E-state index in [1.165, 1.54) is 5.56 Å². The Kier molecular flexibility index (Phi) is 3.53. The molecule has 1 aromatic rings. The standard InChI is InChI=1S/C15H20N2O2/c18-10-14-13-4-2-1-3-11(13)7-8-17(14)9-15(19)16-12-5-6-12/h1-4,12,14,18H,5-10H2,(H,16,19). The molecule has 0 radical (unpaired) electrons. The van der Waals surface area contributed by atoms with Crippen LogP contribution < -0.4 is 5.32 Å². The molecular formula is C15H20N2O2. The van der Waals surface area contributed by atoms with Gasteiger partial charge in [0.15, 0.2) is 0 Å². The van der Waals surface area contributed by atoms with E-state index in [4.69, 9.17) is 0 Å². The second kappa shape index (κ2) is 5.31. The molecule has 1 unspecified atom stereocenters. The van der Waals surface area contributed by atoms with Gasteiger partial charge in [-0.2, -0.15) is 0 Å². The number of hydrogen-bond donors (Lipinski definition) is 2. The van der Waals surface area contributed by atoms with E-state index in [1.54, 1.807) is 0 Å². The maximum Gasteiger partial charge on any atom is 0.234 e. The van der Waals surface area contributed by atoms with Gasteiger partial charge in [-0.1, -0.05) is 24.3 Å². The molecule has 1 fully saturated rings. The third-order valence-corrected chi connectivity index (χ3v) is 3.99. The topological polar surface area (TPSA) is 52.6 Å². The molecule has 1 aliphatic carbocycles. The molecule has 0 bridgehead atoms. The Morgan fingerprint density at radius 1 is 1.37 bits per heavy atom. The van der Waals surface area contributed by atoms with Gasteiger partial charge in [0.1, 0.15) is 0 Å². The summed E-state index contributed by atoms with van der Waals surface area (Å²) in [6, 6.07) is 8.55. The fourth-order valence-corrected chi connectivity index (χ4v) is 2.79. The van der Waals surface area contributed by atoms with Crippen LogP contribution in [0.1, 0.15) is 30.0 Å². The molecule has 102 valence electrons. The average Bonchev–Trinajstić information content (AvgIpc) is 3.22. The fraction of sp³-hybridized carbons (Fsp3) is 0.533. The molecule has 1 atom stereocenters. The molecule has 0 aromatic heterocycles. The van der Waals surface area contributed by atoms with Gasteiger partial charge in [0.2, 0.25) is 5.91 Å². The summed E-state index contributed by atoms with van der Waals surface area (Å²) >= 11 is 0. The van der Waals surface area contributed by atoms with Gasteiger partial charge in [0, 0.05) is 12.6 Å². The first-order chi connectivity index (χ1) is 9.28. The summed E-state index contributed by atoms with van der Waals surface area (Å²) in [7, 11) is 0. The maximum absolute atomic E-state index is 11.9. The van der Waals surface area contributed by atoms with Crippen LogP contribution in [0.4, 0.5) is 0 Å². The van der Waals surface area contributed by atoms with Gasteiger partial charge in [-0.05, 0) is 30.4 Å². The lowest BCUT2D eigenvalue weighted by atomic mass is 9.93. The number of aliphatic hydroxyl groups is 1. The molecule has 1 aliphatic heterocycles. The molecule has 2 N–H and O–H groups in total. The molecule has 1 aromatic carbocycles. The summed E-state index contributed by atoms with van der Waals surface area (Å²) in [6.07, 6.45) is 3.17. The largest absolute Gasteiger partial charge is 0.394 e. The normalized spacial score (nSPS) is 22.9. The van der Waals surface area contributed by atoms with Crippen LogP contribution in [0.25, 0.3) is 0 Å². The molecule has 4 nitrogen and oxygen atoms in total. The Hall–Kier alpha value is -1.39. The highest BCUT2D eigenvalue weighted by Gasteiger charge is 2.29. The molecule has 3 rings (SSSR count). The third-order valence-electron chi connectivity index (χ3n) is 3.99. The lowest BCUT2D eigenvalue weighted by Crippen LogP contribution is -2.44. The van der Waals surface area contributed by atoms with Gasteiger partial charge in [-0.25, -0.2) is 0 Å². The summed E-state index contributed by atoms with van der Waals surface area (Å²) in [5, 5.41) is 12.6. The molecule has 0 saturated heterocycles. The molecule has 1 heterocycles. The van der Waals surface area contributed by atoms with E-state index in [0.717, 1.165) is 31.4 Å². The van der Waals surface area contributed by atoms with Crippen molar-refractivity contribution in [3.63, 3.8) is 0 Å². The van der Waals surface area contributed by atoms with Gasteiger partial charge in [-0.3, -0.25) is 9.69 Å². The predicted octanol–water partition coefficient (Wildman–Crippen LogP) is 0.857. The van der Waals surface area contributed by atoms with Crippen molar-refractivity contribution in [2.45, 2.75) is 31.3 Å². The average molecular weight is 260 g/mol. The van der Waals surface area contributed by atoms with Crippen molar-refractivity contribution in [1.29, 1.82) is 0 Å². The smallest absolute Gasteiger partial charge is 0.234 e. The highest BCUT2D eigenvalue weighted by Crippen LogP contribution is 2.29. The number of amides is 1. The van der Waals surface area contributed by atoms with Crippen LogP contribution in [-0.2, 0) is 11.2 Å². The van der Waals surface area contributed by atoms with Gasteiger partial charge in [-0.15, -0.1) is 0 Å². The number of aliphatic hydroxyl groups excluding tert-OH is 1. The van der Waals surface area contributed by atoms with Gasteiger partial charge in [0.05, 0.1) is 19.2 Å². The second-order valence-electron chi connectivity index (χ2n) is 5.46. The van der Waals surface area contributed by atoms with Gasteiger partial charge >= 0.3 is 0 Å². The summed E-state index contributed by atoms with van der Waals surface area (Å²) < 4.78 is 0. The number of benzene rings is 1. The zero-order chi connectivity index (χ0) is 13.2. The van der Waals surface area contributed by atoms with Crippen molar-refractivity contribution in [2.75, 3.05) is 19.7 Å². The van der Waals surface area contributed by atoms with Crippen molar-refractivity contribution in [3.8, 4) is 0 Å². The van der Waals surface area contributed by atoms with Gasteiger partial charge < -0.3 is 10.4 Å². The predicted molar refractivity (Wildman–Crippen MR) is 72.7 cm³/mol. The number of rotatable bonds is 4. The van der Waals surface area contributed by atoms with E-state index in [-0.39, 0.29) is 18.6 Å². The van der Waals surface area contributed by atoms with Gasteiger partial charge in [0.25, 0.3) is 0 Å². The molecule has 0 spiro atoms. The zero-order valence-electron chi connectivity index (χ0n) is 11.0. The van der Waals surface area contributed by atoms with E-state index in [0.29, 0.717) is 12.6 Å². The summed E-state index contributed by atoms with van der Waals surface area (Å²) in [5.41, 5.74) is 2.45. The van der Waals surface area contributed by atoms with E-state index in [1.807, 2.05) is 12.1 Å². The summed E-state index contributed by atoms with van der Waals surface area (Å²) in [4.78, 5) is 14.0. The second-order valence-corrected chi connectivity index (χ2v) is 5.46. The molecule has 1 saturated carbocycles. The number of carbonyl (C=O) groups is 1. The Morgan fingerprint density at radius 3 is 2.89 bits per heavy atom. The SMILES string of the molecule is O=C(CN1CCc2ccccc2C1CO)NC1CC1. The number of fused-ring (bicyclic) bond motifs is 1. The molecular weight excluding hydrogens is 240 g/mol. The van der Waals surface area contributed by atoms with Crippen molar-refractivity contribution >= 4 is 5.91 Å². The van der Waals surface area contributed by atoms with Crippen molar-refractivity contribution in [1.82, 2.24) is 10.2 Å². The summed E-state index contributed by atoms with van der Waals surface area (Å²) in [6.45, 7) is 1.28. The highest BCUT2D eigenvalue weighted by molar-refractivity contribution is 5.78. The van der Waals surface area contributed by atoms with E-state index in [9.17, 15) is 9.90 Å². The van der Waals surface area contributed by atoms with Crippen molar-refractivity contribution < 1.29 is 9.90 Å². The molecule has 19 heavy (non-hydrogen) atoms. The lowest BCUT2D eigenvalue weighted by Gasteiger charge is -2.35. The summed E-state index contributed by atoms with van der Waals surface area (Å²) in [5.74, 6) is 0.0836. The van der Waals surface area contributed by atoms with Crippen molar-refractivity contribution in [3.05, 3.63) is 35.4 Å². The Labute approximate surface area is 113 Å². The first-order valence-corrected chi connectivity index (χ1v) is 7.00. The maximum atomic E-state index is 11.9. The van der Waals surface area contributed by atoms with Crippen LogP contribution in [0.3, 0.4) is 0 Å². The Morgan fingerprint density at radius 2 is 2.16 bits per heavy atom. The van der Waals surface area contributed by atoms with Crippen LogP contribution >= 0.6 is 0 Å². The quantitative estimate of drug-likeness (QED) is 0.844. The number of nitrogens with one attached hydrogen (secondary N) is 1. The van der Waals surface area contributed by atoms with Crippen molar-refractivity contribution in [2.24, 2.45) is 0 Å². The highest BCUT2D eigenvalue weighted by atomic mass is 16.3. The Balaban J connectivity index is 1.70. The van der Waals surface area contributed by atoms with E-state index in [2.05, 4.69) is 22.3 Å². The minimum atomic E-state index is -0.0464. The van der Waals surface area contributed by atoms with Crippen LogP contribution in [0.15, 0.2) is 24.3 Å². The first kappa shape index (κ1) is 12.6. The third kappa shape index (κ3) is 2.80. The Bertz CT molecular complexity index is 471. The number of hydrogen-bond acceptors (Lipinski definition) is 3. The van der Waals surface area contributed by atoms with Crippen LogP contribution in [0.5, 0.6) is 0 Å². The lowest BCUT2D eigenvalue weighted by molar-refractivity contribution is -0.123. The fourth-order valence-electron chi connectivity index (χ4n) is 2.79. The minimum Gasteiger partial charge on any atom is -0.394 e. The number of carbonyl (C=O) groups excluding carboxylic acids is 1. The van der Waals surface area contributed by atoms with E-state index >= 15 is 0 Å². The van der Waals surface area contributed by atoms with Crippen LogP contribution in [0, 0.1) is 0 Å². The first-order valence-electron chi connectivity index (χ1n) is 7.00. The number of nitrogens with zero attached hydrogens (tertiary/aromatic N) is 1. The minimum absolute atomic E-state index is 0.0464. The monoisotopic (exact) mass is 260 g/mol. The van der Waals surface area contributed by atoms with Crippen LogP contribution in [-0.4, -0.2) is 41.7 Å². The zero-order valence-corrected chi connectivity index (χ0v) is 11.0.